The van der Waals surface area contributed by atoms with Gasteiger partial charge in [-0.25, -0.2) is 0 Å². The summed E-state index contributed by atoms with van der Waals surface area (Å²) in [6, 6.07) is 31.5. The highest BCUT2D eigenvalue weighted by atomic mass is 16.3. The topological polar surface area (TPSA) is 40.5 Å². The third-order valence-electron chi connectivity index (χ3n) is 5.98. The maximum Gasteiger partial charge on any atom is 0.243 e. The van der Waals surface area contributed by atoms with E-state index in [1.165, 1.54) is 0 Å². The molecular weight excluding hydrogens is 382 g/mol. The van der Waals surface area contributed by atoms with E-state index in [-0.39, 0.29) is 11.7 Å². The molecule has 31 heavy (non-hydrogen) atoms. The van der Waals surface area contributed by atoms with Gasteiger partial charge in [0.15, 0.2) is 0 Å². The Balaban J connectivity index is 1.69. The molecule has 0 aliphatic carbocycles. The van der Waals surface area contributed by atoms with Crippen molar-refractivity contribution < 1.29 is 9.90 Å². The van der Waals surface area contributed by atoms with Crippen LogP contribution in [-0.2, 0) is 11.2 Å². The van der Waals surface area contributed by atoms with E-state index < -0.39 is 5.92 Å². The highest BCUT2D eigenvalue weighted by Gasteiger charge is 2.39. The third kappa shape index (κ3) is 3.19. The summed E-state index contributed by atoms with van der Waals surface area (Å²) in [5.41, 5.74) is 6.22. The van der Waals surface area contributed by atoms with Crippen LogP contribution in [0.4, 0.5) is 11.4 Å². The van der Waals surface area contributed by atoms with Gasteiger partial charge in [-0.1, -0.05) is 79.7 Å². The Kier molecular flexibility index (Phi) is 4.79. The number of para-hydroxylation sites is 2. The molecule has 0 radical (unpaired) electrons. The number of hydrogen-bond acceptors (Lipinski definition) is 2. The lowest BCUT2D eigenvalue weighted by atomic mass is 9.87. The normalized spacial score (nSPS) is 15.2. The average Bonchev–Trinajstić information content (AvgIpc) is 3.12. The summed E-state index contributed by atoms with van der Waals surface area (Å²) in [4.78, 5) is 15.6. The first-order chi connectivity index (χ1) is 15.2. The number of carbonyl (C=O) groups is 1. The molecule has 1 aliphatic rings. The summed E-state index contributed by atoms with van der Waals surface area (Å²) in [7, 11) is 0. The maximum atomic E-state index is 13.8. The summed E-state index contributed by atoms with van der Waals surface area (Å²) < 4.78 is 0. The molecule has 0 spiro atoms. The number of nitrogens with zero attached hydrogens (tertiary/aromatic N) is 1. The molecule has 0 saturated carbocycles. The van der Waals surface area contributed by atoms with E-state index in [0.29, 0.717) is 6.42 Å². The van der Waals surface area contributed by atoms with Crippen molar-refractivity contribution in [3.05, 3.63) is 114 Å². The molecular formula is C28H23NO2. The number of hydrogen-bond donors (Lipinski definition) is 1. The summed E-state index contributed by atoms with van der Waals surface area (Å²) in [5, 5.41) is 10.9. The van der Waals surface area contributed by atoms with Gasteiger partial charge in [-0.05, 0) is 52.9 Å². The smallest absolute Gasteiger partial charge is 0.243 e. The number of benzene rings is 4. The zero-order chi connectivity index (χ0) is 21.4. The summed E-state index contributed by atoms with van der Waals surface area (Å²) in [6.07, 6.45) is 0.685. The molecule has 152 valence electrons. The maximum absolute atomic E-state index is 13.8. The van der Waals surface area contributed by atoms with Gasteiger partial charge in [0.2, 0.25) is 5.91 Å². The number of phenols is 1. The molecule has 1 N–H and O–H groups in total. The number of phenolic OH excluding ortho intramolecular Hbond substituents is 1. The van der Waals surface area contributed by atoms with Gasteiger partial charge in [-0.2, -0.15) is 0 Å². The Bertz CT molecular complexity index is 1250. The van der Waals surface area contributed by atoms with E-state index in [2.05, 4.69) is 0 Å². The minimum absolute atomic E-state index is 0.0270. The van der Waals surface area contributed by atoms with Gasteiger partial charge in [-0.15, -0.1) is 0 Å². The minimum atomic E-state index is -0.412. The standard InChI is InChI=1S/C28H23NO2/c1-2-19-17-21(18-24(27(19)30)20-11-5-3-6-12-20)26-23-15-9-10-16-25(23)29(28(26)31)22-13-7-4-8-14-22/h3-18,26,30H,2H2,1H3. The van der Waals surface area contributed by atoms with Crippen LogP contribution in [0.2, 0.25) is 0 Å². The molecule has 0 saturated heterocycles. The average molecular weight is 405 g/mol. The molecule has 1 heterocycles. The molecule has 1 amide bonds. The highest BCUT2D eigenvalue weighted by Crippen LogP contribution is 2.46. The van der Waals surface area contributed by atoms with E-state index in [0.717, 1.165) is 39.2 Å². The van der Waals surface area contributed by atoms with Crippen LogP contribution in [0.25, 0.3) is 11.1 Å². The van der Waals surface area contributed by atoms with Crippen LogP contribution in [0.1, 0.15) is 29.5 Å². The van der Waals surface area contributed by atoms with E-state index in [1.54, 1.807) is 4.90 Å². The van der Waals surface area contributed by atoms with Gasteiger partial charge in [0.05, 0.1) is 11.6 Å². The zero-order valence-corrected chi connectivity index (χ0v) is 17.3. The Labute approximate surface area is 182 Å². The van der Waals surface area contributed by atoms with E-state index in [9.17, 15) is 9.90 Å². The largest absolute Gasteiger partial charge is 0.507 e. The lowest BCUT2D eigenvalue weighted by Gasteiger charge is -2.19. The lowest BCUT2D eigenvalue weighted by molar-refractivity contribution is -0.117. The molecule has 1 aliphatic heterocycles. The van der Waals surface area contributed by atoms with Crippen LogP contribution >= 0.6 is 0 Å². The molecule has 0 aromatic heterocycles. The van der Waals surface area contributed by atoms with Crippen LogP contribution in [0, 0.1) is 0 Å². The first kappa shape index (κ1) is 19.1. The van der Waals surface area contributed by atoms with Crippen molar-refractivity contribution in [2.45, 2.75) is 19.3 Å². The van der Waals surface area contributed by atoms with Crippen molar-refractivity contribution in [1.29, 1.82) is 0 Å². The molecule has 4 aromatic rings. The Hall–Kier alpha value is -3.85. The molecule has 3 heteroatoms. The minimum Gasteiger partial charge on any atom is -0.507 e. The van der Waals surface area contributed by atoms with Crippen molar-refractivity contribution in [2.75, 3.05) is 4.90 Å². The summed E-state index contributed by atoms with van der Waals surface area (Å²) in [5.74, 6) is -0.0972. The Morgan fingerprint density at radius 3 is 2.19 bits per heavy atom. The first-order valence-electron chi connectivity index (χ1n) is 10.6. The Morgan fingerprint density at radius 1 is 0.839 bits per heavy atom. The van der Waals surface area contributed by atoms with Crippen LogP contribution in [0.3, 0.4) is 0 Å². The number of aryl methyl sites for hydroxylation is 1. The number of carbonyl (C=O) groups excluding carboxylic acids is 1. The van der Waals surface area contributed by atoms with E-state index >= 15 is 0 Å². The van der Waals surface area contributed by atoms with Crippen LogP contribution in [0.15, 0.2) is 97.1 Å². The first-order valence-corrected chi connectivity index (χ1v) is 10.6. The van der Waals surface area contributed by atoms with Gasteiger partial charge >= 0.3 is 0 Å². The molecule has 5 rings (SSSR count). The fraction of sp³-hybridized carbons (Fsp3) is 0.107. The van der Waals surface area contributed by atoms with Crippen LogP contribution in [-0.4, -0.2) is 11.0 Å². The van der Waals surface area contributed by atoms with Crippen molar-refractivity contribution in [1.82, 2.24) is 0 Å². The number of fused-ring (bicyclic) bond motifs is 1. The quantitative estimate of drug-likeness (QED) is 0.425. The fourth-order valence-corrected chi connectivity index (χ4v) is 4.47. The molecule has 4 aromatic carbocycles. The predicted octanol–water partition coefficient (Wildman–Crippen LogP) is 6.43. The lowest BCUT2D eigenvalue weighted by Crippen LogP contribution is -2.24. The number of amides is 1. The van der Waals surface area contributed by atoms with Crippen molar-refractivity contribution >= 4 is 17.3 Å². The van der Waals surface area contributed by atoms with Crippen LogP contribution in [0.5, 0.6) is 5.75 Å². The molecule has 1 atom stereocenters. The van der Waals surface area contributed by atoms with Crippen molar-refractivity contribution in [2.24, 2.45) is 0 Å². The van der Waals surface area contributed by atoms with Gasteiger partial charge in [0, 0.05) is 11.3 Å². The van der Waals surface area contributed by atoms with Gasteiger partial charge in [-0.3, -0.25) is 9.69 Å². The fourth-order valence-electron chi connectivity index (χ4n) is 4.47. The zero-order valence-electron chi connectivity index (χ0n) is 17.3. The second-order valence-electron chi connectivity index (χ2n) is 7.80. The second kappa shape index (κ2) is 7.77. The molecule has 1 unspecified atom stereocenters. The number of anilines is 2. The van der Waals surface area contributed by atoms with Gasteiger partial charge in [0.25, 0.3) is 0 Å². The monoisotopic (exact) mass is 405 g/mol. The number of rotatable bonds is 4. The van der Waals surface area contributed by atoms with Crippen molar-refractivity contribution in [3.63, 3.8) is 0 Å². The summed E-state index contributed by atoms with van der Waals surface area (Å²) in [6.45, 7) is 2.02. The third-order valence-corrected chi connectivity index (χ3v) is 5.98. The summed E-state index contributed by atoms with van der Waals surface area (Å²) >= 11 is 0. The molecule has 0 bridgehead atoms. The van der Waals surface area contributed by atoms with Gasteiger partial charge in [0.1, 0.15) is 5.75 Å². The second-order valence-corrected chi connectivity index (χ2v) is 7.80. The van der Waals surface area contributed by atoms with E-state index in [4.69, 9.17) is 0 Å². The van der Waals surface area contributed by atoms with Crippen molar-refractivity contribution in [3.8, 4) is 16.9 Å². The molecule has 3 nitrogen and oxygen atoms in total. The highest BCUT2D eigenvalue weighted by molar-refractivity contribution is 6.12. The molecule has 0 fully saturated rings. The predicted molar refractivity (Wildman–Crippen MR) is 125 cm³/mol. The van der Waals surface area contributed by atoms with Gasteiger partial charge < -0.3 is 5.11 Å². The van der Waals surface area contributed by atoms with E-state index in [1.807, 2.05) is 104 Å². The SMILES string of the molecule is CCc1cc(C2C(=O)N(c3ccccc3)c3ccccc32)cc(-c2ccccc2)c1O. The Morgan fingerprint density at radius 2 is 1.48 bits per heavy atom. The number of aromatic hydroxyl groups is 1. The van der Waals surface area contributed by atoms with Crippen LogP contribution < -0.4 is 4.90 Å².